The summed E-state index contributed by atoms with van der Waals surface area (Å²) in [6.45, 7) is 2.55. The average molecular weight is 435 g/mol. The number of benzene rings is 1. The molecule has 0 fully saturated rings. The molecular formula is C16H23Cl4NO2S. The zero-order valence-electron chi connectivity index (χ0n) is 13.7. The lowest BCUT2D eigenvalue weighted by atomic mass is 10.1. The van der Waals surface area contributed by atoms with Crippen molar-refractivity contribution in [1.29, 1.82) is 0 Å². The Morgan fingerprint density at radius 3 is 1.96 bits per heavy atom. The van der Waals surface area contributed by atoms with Crippen molar-refractivity contribution >= 4 is 56.4 Å². The fourth-order valence-electron chi connectivity index (χ4n) is 2.29. The van der Waals surface area contributed by atoms with E-state index in [-0.39, 0.29) is 25.0 Å². The van der Waals surface area contributed by atoms with Crippen LogP contribution in [0.4, 0.5) is 0 Å². The second kappa shape index (κ2) is 11.1. The van der Waals surface area contributed by atoms with Gasteiger partial charge < -0.3 is 0 Å². The molecule has 0 spiro atoms. The summed E-state index contributed by atoms with van der Waals surface area (Å²) in [5.74, 6) is 0. The second-order valence-electron chi connectivity index (χ2n) is 5.67. The Morgan fingerprint density at radius 2 is 1.38 bits per heavy atom. The first-order valence-corrected chi connectivity index (χ1v) is 11.1. The first-order chi connectivity index (χ1) is 11.3. The molecule has 3 nitrogen and oxygen atoms in total. The zero-order valence-corrected chi connectivity index (χ0v) is 17.5. The largest absolute Gasteiger partial charge is 0.242 e. The summed E-state index contributed by atoms with van der Waals surface area (Å²) >= 11 is 23.6. The maximum Gasteiger partial charge on any atom is 0.242 e. The van der Waals surface area contributed by atoms with Gasteiger partial charge in [0.2, 0.25) is 10.0 Å². The van der Waals surface area contributed by atoms with E-state index in [1.807, 2.05) is 0 Å². The van der Waals surface area contributed by atoms with E-state index in [9.17, 15) is 8.42 Å². The number of hydrogen-bond acceptors (Lipinski definition) is 2. The summed E-state index contributed by atoms with van der Waals surface area (Å²) in [4.78, 5) is -0.150. The normalized spacial score (nSPS) is 11.9. The summed E-state index contributed by atoms with van der Waals surface area (Å²) in [6.07, 6.45) is 9.13. The van der Waals surface area contributed by atoms with Gasteiger partial charge >= 0.3 is 0 Å². The lowest BCUT2D eigenvalue weighted by molar-refractivity contribution is 0.559. The van der Waals surface area contributed by atoms with E-state index >= 15 is 0 Å². The van der Waals surface area contributed by atoms with Crippen molar-refractivity contribution in [2.45, 2.75) is 63.2 Å². The number of hydrogen-bond donors (Lipinski definition) is 1. The van der Waals surface area contributed by atoms with Crippen LogP contribution in [0.1, 0.15) is 58.3 Å². The van der Waals surface area contributed by atoms with Crippen molar-refractivity contribution in [1.82, 2.24) is 4.72 Å². The van der Waals surface area contributed by atoms with Crippen LogP contribution >= 0.6 is 46.4 Å². The third kappa shape index (κ3) is 6.89. The second-order valence-corrected chi connectivity index (χ2v) is 8.95. The minimum atomic E-state index is -3.77. The molecule has 0 bridgehead atoms. The Bertz CT molecular complexity index is 635. The molecule has 1 N–H and O–H groups in total. The Morgan fingerprint density at radius 1 is 0.833 bits per heavy atom. The maximum atomic E-state index is 12.3. The van der Waals surface area contributed by atoms with Crippen LogP contribution in [0, 0.1) is 0 Å². The molecule has 0 aliphatic rings. The molecule has 0 amide bonds. The summed E-state index contributed by atoms with van der Waals surface area (Å²) in [5, 5.41) is -0.0725. The summed E-state index contributed by atoms with van der Waals surface area (Å²) in [6, 6.07) is 1.22. The van der Waals surface area contributed by atoms with Crippen LogP contribution in [0.25, 0.3) is 0 Å². The molecule has 0 saturated heterocycles. The number of nitrogens with one attached hydrogen (secondary N) is 1. The van der Waals surface area contributed by atoms with Gasteiger partial charge in [-0.3, -0.25) is 0 Å². The van der Waals surface area contributed by atoms with Crippen LogP contribution in [0.15, 0.2) is 11.0 Å². The highest BCUT2D eigenvalue weighted by atomic mass is 35.5. The Hall–Kier alpha value is 0.290. The highest BCUT2D eigenvalue weighted by Crippen LogP contribution is 2.39. The van der Waals surface area contributed by atoms with E-state index in [1.54, 1.807) is 0 Å². The monoisotopic (exact) mass is 433 g/mol. The molecule has 0 aliphatic heterocycles. The smallest absolute Gasteiger partial charge is 0.211 e. The highest BCUT2D eigenvalue weighted by molar-refractivity contribution is 7.89. The van der Waals surface area contributed by atoms with E-state index < -0.39 is 10.0 Å². The van der Waals surface area contributed by atoms with E-state index in [4.69, 9.17) is 46.4 Å². The van der Waals surface area contributed by atoms with Crippen molar-refractivity contribution < 1.29 is 8.42 Å². The quantitative estimate of drug-likeness (QED) is 0.238. The van der Waals surface area contributed by atoms with Gasteiger partial charge in [-0.05, 0) is 12.5 Å². The standard InChI is InChI=1S/C16H23Cl4NO2S/c1-2-3-4-5-6-7-8-9-10-21-24(22,23)13-11-12(17)14(18)16(20)15(13)19/h11,21H,2-10H2,1H3. The predicted molar refractivity (Wildman–Crippen MR) is 104 cm³/mol. The van der Waals surface area contributed by atoms with Crippen LogP contribution < -0.4 is 4.72 Å². The number of sulfonamides is 1. The van der Waals surface area contributed by atoms with Gasteiger partial charge in [0.1, 0.15) is 4.90 Å². The maximum absolute atomic E-state index is 12.3. The van der Waals surface area contributed by atoms with Crippen molar-refractivity contribution in [2.75, 3.05) is 6.54 Å². The molecule has 0 radical (unpaired) electrons. The molecule has 0 heterocycles. The molecule has 0 aromatic heterocycles. The molecule has 0 unspecified atom stereocenters. The van der Waals surface area contributed by atoms with E-state index in [1.165, 1.54) is 38.2 Å². The van der Waals surface area contributed by atoms with E-state index in [2.05, 4.69) is 11.6 Å². The van der Waals surface area contributed by atoms with E-state index in [0.717, 1.165) is 19.3 Å². The zero-order chi connectivity index (χ0) is 18.2. The van der Waals surface area contributed by atoms with Crippen LogP contribution in [-0.2, 0) is 10.0 Å². The van der Waals surface area contributed by atoms with Crippen LogP contribution in [0.5, 0.6) is 0 Å². The van der Waals surface area contributed by atoms with Gasteiger partial charge in [-0.15, -0.1) is 0 Å². The van der Waals surface area contributed by atoms with Crippen molar-refractivity contribution in [3.8, 4) is 0 Å². The fraction of sp³-hybridized carbons (Fsp3) is 0.625. The molecule has 1 aromatic carbocycles. The number of rotatable bonds is 11. The highest BCUT2D eigenvalue weighted by Gasteiger charge is 2.22. The molecule has 0 saturated carbocycles. The van der Waals surface area contributed by atoms with Crippen molar-refractivity contribution in [3.63, 3.8) is 0 Å². The van der Waals surface area contributed by atoms with Crippen molar-refractivity contribution in [2.24, 2.45) is 0 Å². The van der Waals surface area contributed by atoms with E-state index in [0.29, 0.717) is 6.54 Å². The van der Waals surface area contributed by atoms with Gasteiger partial charge in [-0.1, -0.05) is 98.3 Å². The molecule has 138 valence electrons. The molecule has 1 rings (SSSR count). The number of unbranched alkanes of at least 4 members (excludes halogenated alkanes) is 7. The van der Waals surface area contributed by atoms with Gasteiger partial charge in [0.15, 0.2) is 0 Å². The first kappa shape index (κ1) is 22.3. The Kier molecular flexibility index (Phi) is 10.3. The average Bonchev–Trinajstić information content (AvgIpc) is 2.54. The Balaban J connectivity index is 2.45. The SMILES string of the molecule is CCCCCCCCCCNS(=O)(=O)c1cc(Cl)c(Cl)c(Cl)c1Cl. The Labute approximate surface area is 165 Å². The molecule has 8 heteroatoms. The fourth-order valence-corrected chi connectivity index (χ4v) is 4.70. The minimum absolute atomic E-state index is 0.0466. The molecular weight excluding hydrogens is 412 g/mol. The van der Waals surface area contributed by atoms with Crippen LogP contribution in [-0.4, -0.2) is 15.0 Å². The van der Waals surface area contributed by atoms with Crippen molar-refractivity contribution in [3.05, 3.63) is 26.2 Å². The van der Waals surface area contributed by atoms with Crippen LogP contribution in [0.2, 0.25) is 20.1 Å². The van der Waals surface area contributed by atoms with Gasteiger partial charge in [0, 0.05) is 6.54 Å². The summed E-state index contributed by atoms with van der Waals surface area (Å²) in [5.41, 5.74) is 0. The predicted octanol–water partition coefficient (Wildman–Crippen LogP) is 6.72. The lowest BCUT2D eigenvalue weighted by Crippen LogP contribution is -2.25. The minimum Gasteiger partial charge on any atom is -0.211 e. The van der Waals surface area contributed by atoms with Gasteiger partial charge in [-0.25, -0.2) is 13.1 Å². The lowest BCUT2D eigenvalue weighted by Gasteiger charge is -2.11. The third-order valence-corrected chi connectivity index (χ3v) is 7.03. The number of halogens is 4. The summed E-state index contributed by atoms with van der Waals surface area (Å²) in [7, 11) is -3.77. The molecule has 1 aromatic rings. The first-order valence-electron chi connectivity index (χ1n) is 8.14. The van der Waals surface area contributed by atoms with Gasteiger partial charge in [-0.2, -0.15) is 0 Å². The van der Waals surface area contributed by atoms with Crippen LogP contribution in [0.3, 0.4) is 0 Å². The molecule has 0 aliphatic carbocycles. The third-order valence-electron chi connectivity index (χ3n) is 3.68. The van der Waals surface area contributed by atoms with Gasteiger partial charge in [0.05, 0.1) is 20.1 Å². The molecule has 0 atom stereocenters. The summed E-state index contributed by atoms with van der Waals surface area (Å²) < 4.78 is 27.2. The topological polar surface area (TPSA) is 46.2 Å². The van der Waals surface area contributed by atoms with Gasteiger partial charge in [0.25, 0.3) is 0 Å². The molecule has 24 heavy (non-hydrogen) atoms.